The molecule has 0 aromatic rings. The summed E-state index contributed by atoms with van der Waals surface area (Å²) in [7, 11) is 2.84. The summed E-state index contributed by atoms with van der Waals surface area (Å²) in [6.45, 7) is -0.319. The summed E-state index contributed by atoms with van der Waals surface area (Å²) < 4.78 is 3.95. The van der Waals surface area contributed by atoms with Gasteiger partial charge in [-0.05, 0) is 0 Å². The molecule has 0 saturated carbocycles. The van der Waals surface area contributed by atoms with Gasteiger partial charge in [-0.25, -0.2) is 4.79 Å². The lowest BCUT2D eigenvalue weighted by Crippen LogP contribution is -2.01. The Morgan fingerprint density at radius 1 is 2.00 bits per heavy atom. The fraction of sp³-hybridized carbons (Fsp3) is 0.333. The Hall–Kier alpha value is -0.570. The van der Waals surface area contributed by atoms with Crippen molar-refractivity contribution in [3.8, 4) is 0 Å². The van der Waals surface area contributed by atoms with Crippen LogP contribution in [0.2, 0.25) is 0 Å². The molecular weight excluding hydrogens is 84.0 g/mol. The predicted molar refractivity (Wildman–Crippen MR) is 18.9 cm³/mol. The van der Waals surface area contributed by atoms with E-state index < -0.39 is 5.97 Å². The van der Waals surface area contributed by atoms with E-state index in [-0.39, 0.29) is 6.61 Å². The summed E-state index contributed by atoms with van der Waals surface area (Å²) in [5.74, 6) is -0.995. The van der Waals surface area contributed by atoms with Crippen molar-refractivity contribution in [2.24, 2.45) is 0 Å². The standard InChI is InChI=1S/C3H5O3/c1-6-2-3(4)5/h1-2H2,(H,4,5). The van der Waals surface area contributed by atoms with Gasteiger partial charge in [0.05, 0.1) is 7.11 Å². The van der Waals surface area contributed by atoms with Crippen LogP contribution >= 0.6 is 0 Å². The monoisotopic (exact) mass is 89.0 g/mol. The van der Waals surface area contributed by atoms with Crippen LogP contribution in [0.5, 0.6) is 0 Å². The first-order valence-electron chi connectivity index (χ1n) is 1.36. The molecule has 0 aliphatic rings. The van der Waals surface area contributed by atoms with Gasteiger partial charge in [-0.15, -0.1) is 0 Å². The van der Waals surface area contributed by atoms with Crippen molar-refractivity contribution in [2.75, 3.05) is 6.61 Å². The van der Waals surface area contributed by atoms with Crippen LogP contribution in [0.3, 0.4) is 0 Å². The Morgan fingerprint density at radius 3 is 2.50 bits per heavy atom. The van der Waals surface area contributed by atoms with Crippen LogP contribution in [0.4, 0.5) is 0 Å². The van der Waals surface area contributed by atoms with E-state index in [1.165, 1.54) is 0 Å². The minimum atomic E-state index is -0.995. The van der Waals surface area contributed by atoms with Gasteiger partial charge >= 0.3 is 5.97 Å². The van der Waals surface area contributed by atoms with Gasteiger partial charge in [0.25, 0.3) is 0 Å². The molecule has 3 heteroatoms. The third-order valence-corrected chi connectivity index (χ3v) is 0.226. The molecule has 0 bridgehead atoms. The smallest absolute Gasteiger partial charge is 0.329 e. The minimum Gasteiger partial charge on any atom is -0.480 e. The first kappa shape index (κ1) is 5.43. The predicted octanol–water partition coefficient (Wildman–Crippen LogP) is -0.121. The van der Waals surface area contributed by atoms with Crippen molar-refractivity contribution in [1.29, 1.82) is 0 Å². The molecule has 0 aliphatic carbocycles. The van der Waals surface area contributed by atoms with E-state index in [2.05, 4.69) is 11.8 Å². The van der Waals surface area contributed by atoms with Gasteiger partial charge in [0, 0.05) is 0 Å². The van der Waals surface area contributed by atoms with Gasteiger partial charge in [-0.1, -0.05) is 0 Å². The van der Waals surface area contributed by atoms with Gasteiger partial charge in [0.2, 0.25) is 0 Å². The summed E-state index contributed by atoms with van der Waals surface area (Å²) in [5.41, 5.74) is 0. The Balaban J connectivity index is 2.83. The van der Waals surface area contributed by atoms with E-state index in [4.69, 9.17) is 5.11 Å². The highest BCUT2D eigenvalue weighted by Crippen LogP contribution is 1.64. The summed E-state index contributed by atoms with van der Waals surface area (Å²) in [4.78, 5) is 9.43. The molecule has 6 heavy (non-hydrogen) atoms. The van der Waals surface area contributed by atoms with Gasteiger partial charge in [-0.3, -0.25) is 0 Å². The van der Waals surface area contributed by atoms with Crippen LogP contribution in [0.1, 0.15) is 0 Å². The molecule has 0 spiro atoms. The Kier molecular flexibility index (Phi) is 2.40. The molecule has 0 saturated heterocycles. The van der Waals surface area contributed by atoms with Gasteiger partial charge in [-0.2, -0.15) is 0 Å². The maximum atomic E-state index is 9.43. The first-order chi connectivity index (χ1) is 2.77. The number of carbonyl (C=O) groups is 1. The molecule has 0 atom stereocenters. The van der Waals surface area contributed by atoms with Crippen LogP contribution in [-0.2, 0) is 9.53 Å². The van der Waals surface area contributed by atoms with Gasteiger partial charge in [0.15, 0.2) is 0 Å². The lowest BCUT2D eigenvalue weighted by Gasteiger charge is -1.83. The van der Waals surface area contributed by atoms with Crippen molar-refractivity contribution in [1.82, 2.24) is 0 Å². The average Bonchev–Trinajstić information content (AvgIpc) is 1.35. The number of hydrogen-bond donors (Lipinski definition) is 1. The molecule has 0 amide bonds. The Bertz CT molecular complexity index is 50.0. The Morgan fingerprint density at radius 2 is 2.50 bits per heavy atom. The van der Waals surface area contributed by atoms with Gasteiger partial charge < -0.3 is 9.84 Å². The van der Waals surface area contributed by atoms with Crippen molar-refractivity contribution < 1.29 is 14.6 Å². The van der Waals surface area contributed by atoms with E-state index >= 15 is 0 Å². The molecule has 1 radical (unpaired) electrons. The zero-order chi connectivity index (χ0) is 4.99. The Labute approximate surface area is 35.5 Å². The minimum absolute atomic E-state index is 0.319. The SMILES string of the molecule is [CH2]OCC(=O)O. The number of aliphatic carboxylic acids is 1. The topological polar surface area (TPSA) is 46.5 Å². The molecule has 0 aromatic heterocycles. The highest BCUT2D eigenvalue weighted by Gasteiger charge is 1.87. The second kappa shape index (κ2) is 2.66. The summed E-state index contributed by atoms with van der Waals surface area (Å²) >= 11 is 0. The molecule has 0 heterocycles. The second-order valence-electron chi connectivity index (χ2n) is 0.742. The second-order valence-corrected chi connectivity index (χ2v) is 0.742. The van der Waals surface area contributed by atoms with E-state index in [0.29, 0.717) is 0 Å². The zero-order valence-corrected chi connectivity index (χ0v) is 3.18. The first-order valence-corrected chi connectivity index (χ1v) is 1.36. The molecule has 0 fully saturated rings. The highest BCUT2D eigenvalue weighted by atomic mass is 16.5. The summed E-state index contributed by atoms with van der Waals surface area (Å²) in [6, 6.07) is 0. The molecule has 0 aliphatic heterocycles. The fourth-order valence-corrected chi connectivity index (χ4v) is 0.0873. The third kappa shape index (κ3) is 3.43. The summed E-state index contributed by atoms with van der Waals surface area (Å²) in [5, 5.41) is 7.75. The third-order valence-electron chi connectivity index (χ3n) is 0.226. The maximum absolute atomic E-state index is 9.43. The molecule has 1 N–H and O–H groups in total. The van der Waals surface area contributed by atoms with Crippen molar-refractivity contribution in [2.45, 2.75) is 0 Å². The zero-order valence-electron chi connectivity index (χ0n) is 3.18. The van der Waals surface area contributed by atoms with Crippen LogP contribution in [0, 0.1) is 7.11 Å². The largest absolute Gasteiger partial charge is 0.480 e. The van der Waals surface area contributed by atoms with Crippen LogP contribution in [0.15, 0.2) is 0 Å². The molecule has 3 nitrogen and oxygen atoms in total. The quantitative estimate of drug-likeness (QED) is 0.513. The van der Waals surface area contributed by atoms with Crippen molar-refractivity contribution in [3.63, 3.8) is 0 Å². The average molecular weight is 89.1 g/mol. The lowest BCUT2D eigenvalue weighted by molar-refractivity contribution is -0.140. The van der Waals surface area contributed by atoms with E-state index in [9.17, 15) is 4.79 Å². The molecule has 0 aromatic carbocycles. The number of rotatable bonds is 2. The lowest BCUT2D eigenvalue weighted by atomic mass is 10.8. The summed E-state index contributed by atoms with van der Waals surface area (Å²) in [6.07, 6.45) is 0. The fourth-order valence-electron chi connectivity index (χ4n) is 0.0873. The van der Waals surface area contributed by atoms with Crippen LogP contribution < -0.4 is 0 Å². The van der Waals surface area contributed by atoms with Gasteiger partial charge in [0.1, 0.15) is 6.61 Å². The number of carboxylic acid groups (broad SMARTS) is 1. The number of carboxylic acids is 1. The van der Waals surface area contributed by atoms with E-state index in [1.54, 1.807) is 0 Å². The van der Waals surface area contributed by atoms with E-state index in [0.717, 1.165) is 0 Å². The number of hydrogen-bond acceptors (Lipinski definition) is 2. The molecule has 0 unspecified atom stereocenters. The van der Waals surface area contributed by atoms with Crippen LogP contribution in [-0.4, -0.2) is 17.7 Å². The number of ether oxygens (including phenoxy) is 1. The van der Waals surface area contributed by atoms with Crippen molar-refractivity contribution >= 4 is 5.97 Å². The van der Waals surface area contributed by atoms with Crippen LogP contribution in [0.25, 0.3) is 0 Å². The van der Waals surface area contributed by atoms with Crippen molar-refractivity contribution in [3.05, 3.63) is 7.11 Å². The molecule has 0 rings (SSSR count). The highest BCUT2D eigenvalue weighted by molar-refractivity contribution is 5.67. The van der Waals surface area contributed by atoms with E-state index in [1.807, 2.05) is 0 Å². The normalized spacial score (nSPS) is 8.17. The molecule has 35 valence electrons. The maximum Gasteiger partial charge on any atom is 0.329 e. The molecular formula is C3H5O3.